The normalized spacial score (nSPS) is 19.2. The molecule has 12 heteroatoms. The van der Waals surface area contributed by atoms with Crippen molar-refractivity contribution in [2.45, 2.75) is 31.2 Å². The number of aromatic nitrogens is 2. The molecule has 0 aliphatic carbocycles. The van der Waals surface area contributed by atoms with Crippen LogP contribution in [-0.2, 0) is 27.9 Å². The highest BCUT2D eigenvalue weighted by Crippen LogP contribution is 2.33. The summed E-state index contributed by atoms with van der Waals surface area (Å²) in [5.74, 6) is -2.75. The lowest BCUT2D eigenvalue weighted by molar-refractivity contribution is -0.192. The van der Waals surface area contributed by atoms with E-state index in [1.165, 1.54) is 5.56 Å². The number of aliphatic carboxylic acids is 1. The van der Waals surface area contributed by atoms with Gasteiger partial charge in [-0.05, 0) is 18.9 Å². The van der Waals surface area contributed by atoms with Gasteiger partial charge in [-0.1, -0.05) is 0 Å². The number of hydrogen-bond acceptors (Lipinski definition) is 6. The Bertz CT molecular complexity index is 889. The van der Waals surface area contributed by atoms with Gasteiger partial charge in [-0.2, -0.15) is 18.3 Å². The van der Waals surface area contributed by atoms with Crippen molar-refractivity contribution in [1.29, 1.82) is 0 Å². The number of furan rings is 1. The van der Waals surface area contributed by atoms with E-state index in [4.69, 9.17) is 19.1 Å². The highest BCUT2D eigenvalue weighted by Gasteiger charge is 2.43. The van der Waals surface area contributed by atoms with Crippen molar-refractivity contribution in [3.8, 4) is 0 Å². The lowest BCUT2D eigenvalue weighted by atomic mass is 9.89. The first kappa shape index (κ1) is 22.8. The van der Waals surface area contributed by atoms with E-state index in [9.17, 15) is 18.0 Å². The number of nitrogens with zero attached hydrogens (tertiary/aromatic N) is 4. The molecule has 170 valence electrons. The fourth-order valence-corrected chi connectivity index (χ4v) is 3.56. The molecule has 2 aromatic heterocycles. The number of aryl methyl sites for hydroxylation is 1. The number of rotatable bonds is 3. The van der Waals surface area contributed by atoms with Crippen molar-refractivity contribution in [1.82, 2.24) is 14.7 Å². The molecule has 4 heterocycles. The molecular formula is C19H23F3N4O5. The summed E-state index contributed by atoms with van der Waals surface area (Å²) in [5.41, 5.74) is 1.81. The second-order valence-corrected chi connectivity index (χ2v) is 7.53. The minimum atomic E-state index is -5.08. The van der Waals surface area contributed by atoms with Crippen LogP contribution in [0.2, 0.25) is 0 Å². The van der Waals surface area contributed by atoms with Gasteiger partial charge in [0.05, 0.1) is 36.6 Å². The van der Waals surface area contributed by atoms with Crippen molar-refractivity contribution in [3.63, 3.8) is 0 Å². The van der Waals surface area contributed by atoms with Gasteiger partial charge in [0, 0.05) is 38.4 Å². The number of carboxylic acids is 1. The molecule has 1 N–H and O–H groups in total. The van der Waals surface area contributed by atoms with Crippen LogP contribution in [0.4, 0.5) is 18.9 Å². The summed E-state index contributed by atoms with van der Waals surface area (Å²) in [6, 6.07) is 2.00. The van der Waals surface area contributed by atoms with Gasteiger partial charge in [0.1, 0.15) is 6.61 Å². The molecule has 0 saturated carbocycles. The number of carbonyl (C=O) groups excluding carboxylic acids is 1. The van der Waals surface area contributed by atoms with E-state index >= 15 is 0 Å². The van der Waals surface area contributed by atoms with Crippen LogP contribution in [-0.4, -0.2) is 69.7 Å². The zero-order valence-corrected chi connectivity index (χ0v) is 16.8. The maximum absolute atomic E-state index is 12.2. The van der Waals surface area contributed by atoms with Crippen molar-refractivity contribution in [2.75, 3.05) is 31.1 Å². The van der Waals surface area contributed by atoms with Crippen molar-refractivity contribution < 1.29 is 37.0 Å². The molecule has 0 aromatic carbocycles. The molecule has 0 atom stereocenters. The molecule has 9 nitrogen and oxygen atoms in total. The Morgan fingerprint density at radius 1 is 1.32 bits per heavy atom. The van der Waals surface area contributed by atoms with Crippen LogP contribution in [0.25, 0.3) is 0 Å². The summed E-state index contributed by atoms with van der Waals surface area (Å²) >= 11 is 0. The van der Waals surface area contributed by atoms with E-state index in [-0.39, 0.29) is 18.1 Å². The quantitative estimate of drug-likeness (QED) is 0.773. The van der Waals surface area contributed by atoms with Crippen LogP contribution in [0.3, 0.4) is 0 Å². The highest BCUT2D eigenvalue weighted by atomic mass is 19.4. The number of ether oxygens (including phenoxy) is 1. The molecule has 2 aliphatic rings. The molecule has 2 aliphatic heterocycles. The van der Waals surface area contributed by atoms with Gasteiger partial charge in [0.2, 0.25) is 0 Å². The van der Waals surface area contributed by atoms with E-state index in [2.05, 4.69) is 10.00 Å². The molecule has 4 rings (SSSR count). The zero-order valence-electron chi connectivity index (χ0n) is 16.8. The Kier molecular flexibility index (Phi) is 6.70. The zero-order chi connectivity index (χ0) is 22.6. The van der Waals surface area contributed by atoms with Crippen molar-refractivity contribution in [2.24, 2.45) is 7.05 Å². The summed E-state index contributed by atoms with van der Waals surface area (Å²) in [6.45, 7) is 3.58. The van der Waals surface area contributed by atoms with Crippen LogP contribution in [0.1, 0.15) is 18.4 Å². The first-order valence-electron chi connectivity index (χ1n) is 9.54. The first-order valence-corrected chi connectivity index (χ1v) is 9.54. The van der Waals surface area contributed by atoms with Crippen molar-refractivity contribution in [3.05, 3.63) is 36.5 Å². The van der Waals surface area contributed by atoms with Gasteiger partial charge in [0.25, 0.3) is 5.91 Å². The van der Waals surface area contributed by atoms with Gasteiger partial charge in [-0.3, -0.25) is 14.4 Å². The maximum Gasteiger partial charge on any atom is 0.490 e. The minimum absolute atomic E-state index is 0.00875. The number of carbonyl (C=O) groups is 2. The summed E-state index contributed by atoms with van der Waals surface area (Å²) in [4.78, 5) is 25.4. The number of amides is 1. The number of morpholine rings is 1. The Balaban J connectivity index is 0.000000339. The molecule has 2 saturated heterocycles. The van der Waals surface area contributed by atoms with Gasteiger partial charge >= 0.3 is 12.1 Å². The fraction of sp³-hybridized carbons (Fsp3) is 0.526. The van der Waals surface area contributed by atoms with Crippen LogP contribution in [0, 0.1) is 0 Å². The number of likely N-dealkylation sites (tertiary alicyclic amines) is 1. The topological polar surface area (TPSA) is 101 Å². The molecule has 2 fully saturated rings. The van der Waals surface area contributed by atoms with Crippen LogP contribution >= 0.6 is 0 Å². The van der Waals surface area contributed by atoms with E-state index in [0.29, 0.717) is 6.54 Å². The van der Waals surface area contributed by atoms with E-state index in [1.54, 1.807) is 23.4 Å². The third kappa shape index (κ3) is 5.85. The molecule has 0 unspecified atom stereocenters. The Hall–Kier alpha value is -2.86. The minimum Gasteiger partial charge on any atom is -0.475 e. The summed E-state index contributed by atoms with van der Waals surface area (Å²) < 4.78 is 44.6. The van der Waals surface area contributed by atoms with Crippen LogP contribution < -0.4 is 4.90 Å². The predicted octanol–water partition coefficient (Wildman–Crippen LogP) is 2.04. The molecule has 0 radical (unpaired) electrons. The highest BCUT2D eigenvalue weighted by molar-refractivity contribution is 5.94. The molecule has 31 heavy (non-hydrogen) atoms. The van der Waals surface area contributed by atoms with Crippen LogP contribution in [0.5, 0.6) is 0 Å². The summed E-state index contributed by atoms with van der Waals surface area (Å²) in [6.07, 6.45) is 3.90. The number of anilines is 1. The average Bonchev–Trinajstić information content (AvgIpc) is 3.37. The average molecular weight is 444 g/mol. The number of halogens is 3. The first-order chi connectivity index (χ1) is 14.6. The molecule has 1 spiro atoms. The maximum atomic E-state index is 12.2. The van der Waals surface area contributed by atoms with Crippen LogP contribution in [0.15, 0.2) is 35.4 Å². The van der Waals surface area contributed by atoms with E-state index in [0.717, 1.165) is 38.2 Å². The lowest BCUT2D eigenvalue weighted by Gasteiger charge is -2.46. The van der Waals surface area contributed by atoms with E-state index < -0.39 is 12.1 Å². The second kappa shape index (κ2) is 9.10. The summed E-state index contributed by atoms with van der Waals surface area (Å²) in [7, 11) is 1.86. The fourth-order valence-electron chi connectivity index (χ4n) is 3.56. The molecule has 1 amide bonds. The monoisotopic (exact) mass is 444 g/mol. The third-order valence-electron chi connectivity index (χ3n) is 5.25. The third-order valence-corrected chi connectivity index (χ3v) is 5.25. The van der Waals surface area contributed by atoms with Crippen molar-refractivity contribution >= 4 is 17.6 Å². The number of alkyl halides is 3. The summed E-state index contributed by atoms with van der Waals surface area (Å²) in [5, 5.41) is 11.3. The second-order valence-electron chi connectivity index (χ2n) is 7.53. The standard InChI is InChI=1S/C17H22N4O3.C2HF3O2/c1-19-10-15(8-18-19)21-13-17(24-12-16(21)22)3-5-20(6-4-17)9-14-2-7-23-11-14;3-2(4,5)1(6)7/h2,7-8,10-11H,3-6,9,12-13H2,1H3;(H,6,7). The number of hydrogen-bond donors (Lipinski definition) is 1. The van der Waals surface area contributed by atoms with Gasteiger partial charge < -0.3 is 19.2 Å². The van der Waals surface area contributed by atoms with Gasteiger partial charge in [-0.25, -0.2) is 4.79 Å². The molecule has 2 aromatic rings. The lowest BCUT2D eigenvalue weighted by Crippen LogP contribution is -2.58. The Morgan fingerprint density at radius 3 is 2.52 bits per heavy atom. The number of piperidine rings is 1. The smallest absolute Gasteiger partial charge is 0.475 e. The SMILES string of the molecule is Cn1cc(N2CC3(CCN(Cc4ccoc4)CC3)OCC2=O)cn1.O=C(O)C(F)(F)F. The predicted molar refractivity (Wildman–Crippen MR) is 101 cm³/mol. The van der Waals surface area contributed by atoms with E-state index in [1.807, 2.05) is 24.2 Å². The molecular weight excluding hydrogens is 421 g/mol. The molecule has 0 bridgehead atoms. The Morgan fingerprint density at radius 2 is 2.00 bits per heavy atom. The van der Waals surface area contributed by atoms with Gasteiger partial charge in [-0.15, -0.1) is 0 Å². The largest absolute Gasteiger partial charge is 0.490 e. The number of carboxylic acid groups (broad SMARTS) is 1. The van der Waals surface area contributed by atoms with Gasteiger partial charge in [0.15, 0.2) is 0 Å². The Labute approximate surface area is 176 Å².